The summed E-state index contributed by atoms with van der Waals surface area (Å²) < 4.78 is 27.5. The Kier molecular flexibility index (Phi) is 2.68. The van der Waals surface area contributed by atoms with Crippen molar-refractivity contribution in [1.82, 2.24) is 19.7 Å². The van der Waals surface area contributed by atoms with Gasteiger partial charge in [0.25, 0.3) is 10.0 Å². The number of sulfonamides is 1. The van der Waals surface area contributed by atoms with Crippen molar-refractivity contribution in [2.24, 2.45) is 7.05 Å². The van der Waals surface area contributed by atoms with Gasteiger partial charge in [-0.1, -0.05) is 0 Å². The summed E-state index contributed by atoms with van der Waals surface area (Å²) in [6, 6.07) is 2.60. The minimum Gasteiger partial charge on any atom is -0.384 e. The first-order valence-electron chi connectivity index (χ1n) is 4.57. The van der Waals surface area contributed by atoms with Crippen LogP contribution in [-0.4, -0.2) is 28.2 Å². The largest absolute Gasteiger partial charge is 0.384 e. The maximum Gasteiger partial charge on any atom is 0.264 e. The minimum atomic E-state index is -3.72. The van der Waals surface area contributed by atoms with Gasteiger partial charge < -0.3 is 5.73 Å². The van der Waals surface area contributed by atoms with E-state index >= 15 is 0 Å². The molecule has 3 N–H and O–H groups in total. The molecule has 0 atom stereocenters. The first kappa shape index (κ1) is 11.3. The topological polar surface area (TPSA) is 116 Å². The van der Waals surface area contributed by atoms with Crippen molar-refractivity contribution in [3.63, 3.8) is 0 Å². The lowest BCUT2D eigenvalue weighted by Crippen LogP contribution is -2.16. The summed E-state index contributed by atoms with van der Waals surface area (Å²) in [4.78, 5) is 7.51. The molecule has 0 aliphatic rings. The molecule has 0 spiro atoms. The lowest BCUT2D eigenvalue weighted by molar-refractivity contribution is 0.600. The van der Waals surface area contributed by atoms with Crippen molar-refractivity contribution < 1.29 is 8.42 Å². The molecule has 0 radical (unpaired) electrons. The fourth-order valence-corrected chi connectivity index (χ4v) is 2.22. The van der Waals surface area contributed by atoms with E-state index in [-0.39, 0.29) is 16.7 Å². The van der Waals surface area contributed by atoms with Gasteiger partial charge in [-0.05, 0) is 6.07 Å². The van der Waals surface area contributed by atoms with E-state index in [4.69, 9.17) is 5.73 Å². The number of nitrogens with two attached hydrogens (primary N) is 1. The second-order valence-electron chi connectivity index (χ2n) is 3.23. The third kappa shape index (κ3) is 2.33. The Labute approximate surface area is 97.6 Å². The second kappa shape index (κ2) is 4.01. The number of nitrogens with zero attached hydrogens (tertiary/aromatic N) is 4. The number of nitrogen functional groups attached to an aromatic ring is 1. The van der Waals surface area contributed by atoms with Crippen LogP contribution in [0.25, 0.3) is 0 Å². The van der Waals surface area contributed by atoms with Crippen LogP contribution in [0.15, 0.2) is 29.6 Å². The van der Waals surface area contributed by atoms with E-state index in [9.17, 15) is 8.42 Å². The molecule has 0 fully saturated rings. The Morgan fingerprint density at radius 3 is 2.76 bits per heavy atom. The molecule has 0 unspecified atom stereocenters. The Hall–Kier alpha value is -2.16. The average Bonchev–Trinajstić information content (AvgIpc) is 2.64. The Bertz CT molecular complexity index is 635. The van der Waals surface area contributed by atoms with Crippen LogP contribution in [0.5, 0.6) is 0 Å². The molecule has 0 saturated carbocycles. The summed E-state index contributed by atoms with van der Waals surface area (Å²) in [6.45, 7) is 0. The summed E-state index contributed by atoms with van der Waals surface area (Å²) in [6.07, 6.45) is 2.57. The number of hydrogen-bond acceptors (Lipinski definition) is 6. The predicted octanol–water partition coefficient (Wildman–Crippen LogP) is -0.407. The van der Waals surface area contributed by atoms with Crippen molar-refractivity contribution in [3.05, 3.63) is 24.7 Å². The van der Waals surface area contributed by atoms with Crippen LogP contribution in [0, 0.1) is 0 Å². The summed E-state index contributed by atoms with van der Waals surface area (Å²) in [5.74, 6) is 0.256. The molecule has 0 aliphatic carbocycles. The number of nitrogens with one attached hydrogen (secondary N) is 1. The molecule has 9 heteroatoms. The average molecular weight is 254 g/mol. The minimum absolute atomic E-state index is 0.0213. The number of rotatable bonds is 3. The summed E-state index contributed by atoms with van der Waals surface area (Å²) in [5, 5.41) is 3.75. The quantitative estimate of drug-likeness (QED) is 0.769. The molecule has 0 bridgehead atoms. The molecule has 0 aliphatic heterocycles. The van der Waals surface area contributed by atoms with E-state index in [1.807, 2.05) is 0 Å². The highest BCUT2D eigenvalue weighted by molar-refractivity contribution is 7.92. The standard InChI is InChI=1S/C8H10N6O2S/c1-14-8(11-5-12-14)13-17(15,16)6-2-3-10-7(9)4-6/h2-5H,1H3,(H2,9,10)(H,11,12,13). The molecule has 0 amide bonds. The van der Waals surface area contributed by atoms with E-state index in [0.717, 1.165) is 0 Å². The monoisotopic (exact) mass is 254 g/mol. The zero-order valence-electron chi connectivity index (χ0n) is 8.90. The third-order valence-corrected chi connectivity index (χ3v) is 3.33. The van der Waals surface area contributed by atoms with E-state index in [1.165, 1.54) is 29.3 Å². The van der Waals surface area contributed by atoms with Gasteiger partial charge in [0.15, 0.2) is 0 Å². The van der Waals surface area contributed by atoms with Gasteiger partial charge in [0, 0.05) is 19.3 Å². The van der Waals surface area contributed by atoms with Crippen molar-refractivity contribution in [1.29, 1.82) is 0 Å². The normalized spacial score (nSPS) is 11.4. The van der Waals surface area contributed by atoms with Gasteiger partial charge in [-0.25, -0.2) is 22.8 Å². The first-order valence-corrected chi connectivity index (χ1v) is 6.06. The smallest absolute Gasteiger partial charge is 0.264 e. The molecular formula is C8H10N6O2S. The summed E-state index contributed by atoms with van der Waals surface area (Å²) >= 11 is 0. The van der Waals surface area contributed by atoms with Crippen molar-refractivity contribution in [2.45, 2.75) is 4.90 Å². The zero-order chi connectivity index (χ0) is 12.5. The number of hydrogen-bond donors (Lipinski definition) is 2. The molecule has 2 aromatic heterocycles. The highest BCUT2D eigenvalue weighted by atomic mass is 32.2. The molecule has 0 aromatic carbocycles. The van der Waals surface area contributed by atoms with Crippen molar-refractivity contribution >= 4 is 21.8 Å². The van der Waals surface area contributed by atoms with Crippen LogP contribution in [0.3, 0.4) is 0 Å². The van der Waals surface area contributed by atoms with Crippen LogP contribution in [0.1, 0.15) is 0 Å². The number of aromatic nitrogens is 4. The SMILES string of the molecule is Cn1ncnc1NS(=O)(=O)c1ccnc(N)c1. The molecule has 2 aromatic rings. The number of aryl methyl sites for hydroxylation is 1. The molecule has 17 heavy (non-hydrogen) atoms. The highest BCUT2D eigenvalue weighted by Crippen LogP contribution is 2.14. The fourth-order valence-electron chi connectivity index (χ4n) is 1.16. The van der Waals surface area contributed by atoms with Crippen LogP contribution < -0.4 is 10.5 Å². The fraction of sp³-hybridized carbons (Fsp3) is 0.125. The number of pyridine rings is 1. The third-order valence-electron chi connectivity index (χ3n) is 2.00. The van der Waals surface area contributed by atoms with E-state index < -0.39 is 10.0 Å². The van der Waals surface area contributed by atoms with Gasteiger partial charge in [-0.15, -0.1) is 0 Å². The van der Waals surface area contributed by atoms with Crippen LogP contribution in [-0.2, 0) is 17.1 Å². The van der Waals surface area contributed by atoms with E-state index in [1.54, 1.807) is 7.05 Å². The zero-order valence-corrected chi connectivity index (χ0v) is 9.72. The molecule has 8 nitrogen and oxygen atoms in total. The maximum atomic E-state index is 11.9. The van der Waals surface area contributed by atoms with Crippen molar-refractivity contribution in [2.75, 3.05) is 10.5 Å². The van der Waals surface area contributed by atoms with Gasteiger partial charge in [0.2, 0.25) is 5.95 Å². The van der Waals surface area contributed by atoms with Gasteiger partial charge in [-0.3, -0.25) is 0 Å². The predicted molar refractivity (Wildman–Crippen MR) is 60.5 cm³/mol. The highest BCUT2D eigenvalue weighted by Gasteiger charge is 2.16. The van der Waals surface area contributed by atoms with Crippen LogP contribution >= 0.6 is 0 Å². The van der Waals surface area contributed by atoms with Gasteiger partial charge in [0.05, 0.1) is 4.90 Å². The molecule has 2 heterocycles. The van der Waals surface area contributed by atoms with Gasteiger partial charge in [0.1, 0.15) is 12.1 Å². The Morgan fingerprint density at radius 1 is 1.41 bits per heavy atom. The van der Waals surface area contributed by atoms with E-state index in [2.05, 4.69) is 19.8 Å². The van der Waals surface area contributed by atoms with Gasteiger partial charge in [-0.2, -0.15) is 10.1 Å². The molecule has 2 rings (SSSR count). The van der Waals surface area contributed by atoms with Crippen LogP contribution in [0.4, 0.5) is 11.8 Å². The second-order valence-corrected chi connectivity index (χ2v) is 4.91. The molecular weight excluding hydrogens is 244 g/mol. The molecule has 0 saturated heterocycles. The van der Waals surface area contributed by atoms with Gasteiger partial charge >= 0.3 is 0 Å². The van der Waals surface area contributed by atoms with Crippen LogP contribution in [0.2, 0.25) is 0 Å². The summed E-state index contributed by atoms with van der Waals surface area (Å²) in [7, 11) is -2.15. The van der Waals surface area contributed by atoms with Crippen molar-refractivity contribution in [3.8, 4) is 0 Å². The van der Waals surface area contributed by atoms with E-state index in [0.29, 0.717) is 0 Å². The lowest BCUT2D eigenvalue weighted by Gasteiger charge is -2.06. The Balaban J connectivity index is 2.35. The molecule has 90 valence electrons. The number of anilines is 2. The summed E-state index contributed by atoms with van der Waals surface area (Å²) in [5.41, 5.74) is 5.42. The first-order chi connectivity index (χ1) is 7.99. The lowest BCUT2D eigenvalue weighted by atomic mass is 10.5. The maximum absolute atomic E-state index is 11.9. The Morgan fingerprint density at radius 2 is 2.18 bits per heavy atom.